The molecular formula is C29H41N5O4. The van der Waals surface area contributed by atoms with Gasteiger partial charge in [0.05, 0.1) is 19.1 Å². The van der Waals surface area contributed by atoms with E-state index in [1.54, 1.807) is 6.20 Å². The number of ether oxygens (including phenoxy) is 1. The van der Waals surface area contributed by atoms with Gasteiger partial charge in [-0.1, -0.05) is 25.5 Å². The Hall–Kier alpha value is -3.04. The van der Waals surface area contributed by atoms with E-state index < -0.39 is 11.9 Å². The highest BCUT2D eigenvalue weighted by Gasteiger charge is 2.47. The number of aryl methyl sites for hydroxylation is 1. The Balaban J connectivity index is 1.57. The molecule has 206 valence electrons. The highest BCUT2D eigenvalue weighted by atomic mass is 16.5. The number of carboxylic acids is 1. The highest BCUT2D eigenvalue weighted by Crippen LogP contribution is 2.41. The summed E-state index contributed by atoms with van der Waals surface area (Å²) in [5, 5.41) is 10.4. The Bertz CT molecular complexity index is 1070. The second-order valence-electron chi connectivity index (χ2n) is 10.4. The van der Waals surface area contributed by atoms with Crippen molar-refractivity contribution in [2.75, 3.05) is 39.3 Å². The molecule has 1 amide bonds. The fraction of sp³-hybridized carbons (Fsp3) is 0.586. The number of amides is 1. The van der Waals surface area contributed by atoms with Crippen LogP contribution in [0.4, 0.5) is 0 Å². The molecular weight excluding hydrogens is 482 g/mol. The van der Waals surface area contributed by atoms with Gasteiger partial charge in [-0.2, -0.15) is 0 Å². The maximum Gasteiger partial charge on any atom is 0.308 e. The maximum absolute atomic E-state index is 13.6. The van der Waals surface area contributed by atoms with Crippen molar-refractivity contribution in [3.8, 4) is 5.75 Å². The molecule has 0 spiro atoms. The number of carboxylic acid groups (broad SMARTS) is 1. The quantitative estimate of drug-likeness (QED) is 0.363. The lowest BCUT2D eigenvalue weighted by atomic mass is 9.83. The van der Waals surface area contributed by atoms with E-state index >= 15 is 0 Å². The average molecular weight is 524 g/mol. The summed E-state index contributed by atoms with van der Waals surface area (Å²) < 4.78 is 5.67. The SMILES string of the molecule is CCCCN(CCCCN)C(=O)CN1CC(c2ccc3c(c2)CCO3)C(C(=O)O)C1CCc1ccncn1. The van der Waals surface area contributed by atoms with Gasteiger partial charge in [-0.25, -0.2) is 9.97 Å². The van der Waals surface area contributed by atoms with Crippen LogP contribution < -0.4 is 10.5 Å². The minimum atomic E-state index is -0.819. The van der Waals surface area contributed by atoms with Gasteiger partial charge in [-0.3, -0.25) is 14.5 Å². The molecule has 0 radical (unpaired) electrons. The molecule has 9 heteroatoms. The lowest BCUT2D eigenvalue weighted by Crippen LogP contribution is -2.45. The van der Waals surface area contributed by atoms with E-state index in [-0.39, 0.29) is 24.4 Å². The Labute approximate surface area is 225 Å². The molecule has 3 unspecified atom stereocenters. The minimum absolute atomic E-state index is 0.0645. The Morgan fingerprint density at radius 3 is 2.79 bits per heavy atom. The Morgan fingerprint density at radius 1 is 1.21 bits per heavy atom. The summed E-state index contributed by atoms with van der Waals surface area (Å²) in [6.07, 6.45) is 9.00. The zero-order chi connectivity index (χ0) is 26.9. The van der Waals surface area contributed by atoms with Gasteiger partial charge < -0.3 is 20.5 Å². The van der Waals surface area contributed by atoms with Crippen LogP contribution in [0.3, 0.4) is 0 Å². The van der Waals surface area contributed by atoms with Crippen LogP contribution >= 0.6 is 0 Å². The van der Waals surface area contributed by atoms with Crippen LogP contribution in [0.5, 0.6) is 5.75 Å². The molecule has 3 N–H and O–H groups in total. The number of carbonyl (C=O) groups excluding carboxylic acids is 1. The molecule has 38 heavy (non-hydrogen) atoms. The minimum Gasteiger partial charge on any atom is -0.493 e. The number of benzene rings is 1. The maximum atomic E-state index is 13.6. The summed E-state index contributed by atoms with van der Waals surface area (Å²) in [5.41, 5.74) is 8.70. The third kappa shape index (κ3) is 6.88. The zero-order valence-corrected chi connectivity index (χ0v) is 22.4. The predicted molar refractivity (Wildman–Crippen MR) is 145 cm³/mol. The number of fused-ring (bicyclic) bond motifs is 1. The summed E-state index contributed by atoms with van der Waals surface area (Å²) >= 11 is 0. The van der Waals surface area contributed by atoms with Crippen LogP contribution in [0.2, 0.25) is 0 Å². The number of hydrogen-bond acceptors (Lipinski definition) is 7. The number of likely N-dealkylation sites (tertiary alicyclic amines) is 1. The molecule has 1 saturated heterocycles. The van der Waals surface area contributed by atoms with E-state index in [9.17, 15) is 14.7 Å². The summed E-state index contributed by atoms with van der Waals surface area (Å²) in [7, 11) is 0. The molecule has 0 bridgehead atoms. The van der Waals surface area contributed by atoms with Crippen LogP contribution in [-0.4, -0.2) is 82.1 Å². The van der Waals surface area contributed by atoms with Crippen molar-refractivity contribution in [3.05, 3.63) is 53.6 Å². The van der Waals surface area contributed by atoms with E-state index in [4.69, 9.17) is 10.5 Å². The van der Waals surface area contributed by atoms with Gasteiger partial charge >= 0.3 is 5.97 Å². The summed E-state index contributed by atoms with van der Waals surface area (Å²) in [4.78, 5) is 38.7. The van der Waals surface area contributed by atoms with Crippen LogP contribution in [-0.2, 0) is 22.4 Å². The van der Waals surface area contributed by atoms with Gasteiger partial charge in [0.15, 0.2) is 0 Å². The second kappa shape index (κ2) is 13.7. The largest absolute Gasteiger partial charge is 0.493 e. The molecule has 3 heterocycles. The van der Waals surface area contributed by atoms with Gasteiger partial charge in [0.2, 0.25) is 5.91 Å². The first kappa shape index (κ1) is 28.0. The second-order valence-corrected chi connectivity index (χ2v) is 10.4. The van der Waals surface area contributed by atoms with Gasteiger partial charge in [0, 0.05) is 49.9 Å². The molecule has 9 nitrogen and oxygen atoms in total. The van der Waals surface area contributed by atoms with Crippen LogP contribution in [0.25, 0.3) is 0 Å². The monoisotopic (exact) mass is 523 g/mol. The van der Waals surface area contributed by atoms with Gasteiger partial charge in [-0.05, 0) is 61.9 Å². The normalized spacial score (nSPS) is 20.7. The number of unbranched alkanes of at least 4 members (excludes halogenated alkanes) is 2. The van der Waals surface area contributed by atoms with Gasteiger partial charge in [0.25, 0.3) is 0 Å². The molecule has 0 aliphatic carbocycles. The topological polar surface area (TPSA) is 122 Å². The molecule has 1 aromatic heterocycles. The Morgan fingerprint density at radius 2 is 2.05 bits per heavy atom. The van der Waals surface area contributed by atoms with Crippen molar-refractivity contribution in [1.29, 1.82) is 0 Å². The van der Waals surface area contributed by atoms with E-state index in [0.29, 0.717) is 39.1 Å². The molecule has 4 rings (SSSR count). The molecule has 2 aromatic rings. The fourth-order valence-electron chi connectivity index (χ4n) is 5.82. The lowest BCUT2D eigenvalue weighted by Gasteiger charge is -2.29. The van der Waals surface area contributed by atoms with Crippen molar-refractivity contribution >= 4 is 11.9 Å². The number of hydrogen-bond donors (Lipinski definition) is 2. The number of aromatic nitrogens is 2. The zero-order valence-electron chi connectivity index (χ0n) is 22.4. The third-order valence-electron chi connectivity index (χ3n) is 7.87. The molecule has 0 saturated carbocycles. The van der Waals surface area contributed by atoms with Crippen molar-refractivity contribution in [1.82, 2.24) is 19.8 Å². The van der Waals surface area contributed by atoms with E-state index in [1.807, 2.05) is 23.1 Å². The third-order valence-corrected chi connectivity index (χ3v) is 7.87. The number of rotatable bonds is 14. The van der Waals surface area contributed by atoms with Crippen LogP contribution in [0.15, 0.2) is 36.8 Å². The molecule has 2 aliphatic heterocycles. The first-order chi connectivity index (χ1) is 18.5. The standard InChI is InChI=1S/C29H41N5O4/c1-2-3-14-33(15-5-4-12-30)27(35)19-34-18-24(21-6-9-26-22(17-21)11-16-38-26)28(29(36)37)25(34)8-7-23-10-13-31-20-32-23/h6,9-10,13,17,20,24-25,28H,2-5,7-8,11-12,14-16,18-19,30H2,1H3,(H,36,37). The highest BCUT2D eigenvalue weighted by molar-refractivity contribution is 5.79. The van der Waals surface area contributed by atoms with Crippen molar-refractivity contribution in [2.24, 2.45) is 11.7 Å². The molecule has 1 fully saturated rings. The first-order valence-corrected chi connectivity index (χ1v) is 14.0. The summed E-state index contributed by atoms with van der Waals surface area (Å²) in [6.45, 7) is 5.54. The number of nitrogens with zero attached hydrogens (tertiary/aromatic N) is 4. The smallest absolute Gasteiger partial charge is 0.308 e. The molecule has 1 aromatic carbocycles. The van der Waals surface area contributed by atoms with Gasteiger partial charge in [0.1, 0.15) is 12.1 Å². The Kier molecular flexibility index (Phi) is 10.1. The summed E-state index contributed by atoms with van der Waals surface area (Å²) in [5.74, 6) is -0.695. The fourth-order valence-corrected chi connectivity index (χ4v) is 5.82. The van der Waals surface area contributed by atoms with E-state index in [1.165, 1.54) is 6.33 Å². The summed E-state index contributed by atoms with van der Waals surface area (Å²) in [6, 6.07) is 7.65. The van der Waals surface area contributed by atoms with Gasteiger partial charge in [-0.15, -0.1) is 0 Å². The van der Waals surface area contributed by atoms with Crippen molar-refractivity contribution in [2.45, 2.75) is 63.8 Å². The average Bonchev–Trinajstić information content (AvgIpc) is 3.54. The van der Waals surface area contributed by atoms with Crippen molar-refractivity contribution < 1.29 is 19.4 Å². The number of carbonyl (C=O) groups is 2. The van der Waals surface area contributed by atoms with E-state index in [0.717, 1.165) is 61.2 Å². The first-order valence-electron chi connectivity index (χ1n) is 14.0. The molecule has 3 atom stereocenters. The number of nitrogens with two attached hydrogens (primary N) is 1. The van der Waals surface area contributed by atoms with E-state index in [2.05, 4.69) is 27.9 Å². The van der Waals surface area contributed by atoms with Crippen LogP contribution in [0.1, 0.15) is 61.8 Å². The number of aliphatic carboxylic acids is 1. The predicted octanol–water partition coefficient (Wildman–Crippen LogP) is 2.88. The van der Waals surface area contributed by atoms with Crippen LogP contribution in [0, 0.1) is 5.92 Å². The molecule has 2 aliphatic rings. The van der Waals surface area contributed by atoms with Crippen molar-refractivity contribution in [3.63, 3.8) is 0 Å². The lowest BCUT2D eigenvalue weighted by molar-refractivity contribution is -0.143.